The molecule has 6 heteroatoms. The molecule has 2 N–H and O–H groups in total. The molecule has 0 unspecified atom stereocenters. The lowest BCUT2D eigenvalue weighted by Gasteiger charge is -2.28. The van der Waals surface area contributed by atoms with Crippen molar-refractivity contribution in [3.8, 4) is 0 Å². The number of halogens is 2. The number of hydrogen-bond acceptors (Lipinski definition) is 2. The number of carboxylic acid groups (broad SMARTS) is 1. The lowest BCUT2D eigenvalue weighted by molar-refractivity contribution is -0.139. The fourth-order valence-corrected chi connectivity index (χ4v) is 2.89. The van der Waals surface area contributed by atoms with Crippen LogP contribution in [0.1, 0.15) is 37.7 Å². The van der Waals surface area contributed by atoms with E-state index in [1.165, 1.54) is 12.1 Å². The SMILES string of the molecule is O=C(O)CC1(NC(=O)Cc2cccc(F)c2F)CCCC1. The summed E-state index contributed by atoms with van der Waals surface area (Å²) in [6, 6.07) is 3.67. The number of aliphatic carboxylic acids is 1. The van der Waals surface area contributed by atoms with Crippen LogP contribution in [0.2, 0.25) is 0 Å². The molecule has 1 saturated carbocycles. The van der Waals surface area contributed by atoms with E-state index in [-0.39, 0.29) is 18.4 Å². The summed E-state index contributed by atoms with van der Waals surface area (Å²) in [6.45, 7) is 0. The topological polar surface area (TPSA) is 66.4 Å². The first kappa shape index (κ1) is 15.4. The molecular weight excluding hydrogens is 280 g/mol. The van der Waals surface area contributed by atoms with E-state index in [1.54, 1.807) is 0 Å². The number of hydrogen-bond donors (Lipinski definition) is 2. The molecule has 114 valence electrons. The Kier molecular flexibility index (Phi) is 4.55. The Hall–Kier alpha value is -1.98. The maximum Gasteiger partial charge on any atom is 0.305 e. The minimum atomic E-state index is -1.04. The van der Waals surface area contributed by atoms with Gasteiger partial charge < -0.3 is 10.4 Å². The minimum Gasteiger partial charge on any atom is -0.481 e. The van der Waals surface area contributed by atoms with Gasteiger partial charge in [-0.25, -0.2) is 8.78 Å². The smallest absolute Gasteiger partial charge is 0.305 e. The number of amides is 1. The summed E-state index contributed by atoms with van der Waals surface area (Å²) in [5, 5.41) is 11.7. The van der Waals surface area contributed by atoms with Crippen molar-refractivity contribution in [2.45, 2.75) is 44.1 Å². The Morgan fingerprint density at radius 2 is 1.90 bits per heavy atom. The largest absolute Gasteiger partial charge is 0.481 e. The lowest BCUT2D eigenvalue weighted by Crippen LogP contribution is -2.48. The van der Waals surface area contributed by atoms with Crippen LogP contribution in [0, 0.1) is 11.6 Å². The molecule has 0 saturated heterocycles. The Morgan fingerprint density at radius 1 is 1.24 bits per heavy atom. The number of nitrogens with one attached hydrogen (secondary N) is 1. The Bertz CT molecular complexity index is 554. The summed E-state index contributed by atoms with van der Waals surface area (Å²) < 4.78 is 26.6. The van der Waals surface area contributed by atoms with Crippen LogP contribution in [-0.2, 0) is 16.0 Å². The number of carbonyl (C=O) groups excluding carboxylic acids is 1. The van der Waals surface area contributed by atoms with Crippen LogP contribution in [0.4, 0.5) is 8.78 Å². The van der Waals surface area contributed by atoms with Gasteiger partial charge in [-0.3, -0.25) is 9.59 Å². The predicted molar refractivity (Wildman–Crippen MR) is 71.7 cm³/mol. The van der Waals surface area contributed by atoms with Crippen molar-refractivity contribution in [2.75, 3.05) is 0 Å². The van der Waals surface area contributed by atoms with Crippen LogP contribution in [0.5, 0.6) is 0 Å². The molecule has 2 rings (SSSR count). The van der Waals surface area contributed by atoms with Gasteiger partial charge in [-0.05, 0) is 18.9 Å². The van der Waals surface area contributed by atoms with E-state index in [4.69, 9.17) is 5.11 Å². The van der Waals surface area contributed by atoms with Crippen molar-refractivity contribution < 1.29 is 23.5 Å². The first-order valence-electron chi connectivity index (χ1n) is 6.88. The average Bonchev–Trinajstić information content (AvgIpc) is 2.82. The van der Waals surface area contributed by atoms with E-state index < -0.39 is 29.0 Å². The fourth-order valence-electron chi connectivity index (χ4n) is 2.89. The third-order valence-electron chi connectivity index (χ3n) is 3.84. The highest BCUT2D eigenvalue weighted by atomic mass is 19.2. The zero-order chi connectivity index (χ0) is 15.5. The van der Waals surface area contributed by atoms with Crippen LogP contribution < -0.4 is 5.32 Å². The highest BCUT2D eigenvalue weighted by Gasteiger charge is 2.37. The van der Waals surface area contributed by atoms with Gasteiger partial charge in [0.1, 0.15) is 0 Å². The maximum absolute atomic E-state index is 13.5. The van der Waals surface area contributed by atoms with Gasteiger partial charge in [0.25, 0.3) is 0 Å². The molecule has 0 bridgehead atoms. The lowest BCUT2D eigenvalue weighted by atomic mass is 9.92. The monoisotopic (exact) mass is 297 g/mol. The third-order valence-corrected chi connectivity index (χ3v) is 3.84. The number of carbonyl (C=O) groups is 2. The second-order valence-corrected chi connectivity index (χ2v) is 5.50. The maximum atomic E-state index is 13.5. The molecule has 1 aromatic rings. The summed E-state index contributed by atoms with van der Waals surface area (Å²) in [4.78, 5) is 23.0. The Morgan fingerprint density at radius 3 is 2.52 bits per heavy atom. The summed E-state index contributed by atoms with van der Waals surface area (Å²) in [5.74, 6) is -3.50. The highest BCUT2D eigenvalue weighted by Crippen LogP contribution is 2.32. The van der Waals surface area contributed by atoms with Crippen molar-refractivity contribution in [2.24, 2.45) is 0 Å². The molecule has 1 fully saturated rings. The van der Waals surface area contributed by atoms with E-state index in [1.807, 2.05) is 0 Å². The van der Waals surface area contributed by atoms with Gasteiger partial charge in [0, 0.05) is 5.56 Å². The van der Waals surface area contributed by atoms with Gasteiger partial charge in [-0.15, -0.1) is 0 Å². The molecule has 0 atom stereocenters. The van der Waals surface area contributed by atoms with Gasteiger partial charge in [0.15, 0.2) is 11.6 Å². The Balaban J connectivity index is 2.06. The molecule has 1 aliphatic carbocycles. The molecule has 4 nitrogen and oxygen atoms in total. The molecule has 0 aliphatic heterocycles. The van der Waals surface area contributed by atoms with Gasteiger partial charge in [-0.2, -0.15) is 0 Å². The fraction of sp³-hybridized carbons (Fsp3) is 0.467. The Labute approximate surface area is 121 Å². The second kappa shape index (κ2) is 6.20. The summed E-state index contributed by atoms with van der Waals surface area (Å²) in [7, 11) is 0. The van der Waals surface area contributed by atoms with Crippen molar-refractivity contribution in [1.82, 2.24) is 5.32 Å². The highest BCUT2D eigenvalue weighted by molar-refractivity contribution is 5.80. The zero-order valence-electron chi connectivity index (χ0n) is 11.5. The molecule has 0 heterocycles. The quantitative estimate of drug-likeness (QED) is 0.877. The van der Waals surface area contributed by atoms with Crippen LogP contribution in [0.25, 0.3) is 0 Å². The summed E-state index contributed by atoms with van der Waals surface area (Å²) in [6.07, 6.45) is 2.44. The molecule has 1 amide bonds. The van der Waals surface area contributed by atoms with Gasteiger partial charge in [0.2, 0.25) is 5.91 Å². The molecule has 0 radical (unpaired) electrons. The van der Waals surface area contributed by atoms with E-state index >= 15 is 0 Å². The van der Waals surface area contributed by atoms with Crippen molar-refractivity contribution in [1.29, 1.82) is 0 Å². The third kappa shape index (κ3) is 3.77. The molecule has 1 aromatic carbocycles. The normalized spacial score (nSPS) is 16.7. The molecule has 0 spiro atoms. The summed E-state index contributed by atoms with van der Waals surface area (Å²) in [5.41, 5.74) is -0.789. The van der Waals surface area contributed by atoms with Crippen molar-refractivity contribution in [3.05, 3.63) is 35.4 Å². The predicted octanol–water partition coefficient (Wildman–Crippen LogP) is 2.41. The first-order chi connectivity index (χ1) is 9.92. The standard InChI is InChI=1S/C15H17F2NO3/c16-11-5-3-4-10(14(11)17)8-12(19)18-15(9-13(20)21)6-1-2-7-15/h3-5H,1-2,6-9H2,(H,18,19)(H,20,21). The number of carboxylic acids is 1. The van der Waals surface area contributed by atoms with Gasteiger partial charge >= 0.3 is 5.97 Å². The van der Waals surface area contributed by atoms with Gasteiger partial charge in [0.05, 0.1) is 18.4 Å². The van der Waals surface area contributed by atoms with Crippen LogP contribution >= 0.6 is 0 Å². The van der Waals surface area contributed by atoms with Crippen LogP contribution in [-0.4, -0.2) is 22.5 Å². The molecule has 21 heavy (non-hydrogen) atoms. The second-order valence-electron chi connectivity index (χ2n) is 5.50. The van der Waals surface area contributed by atoms with Crippen LogP contribution in [0.3, 0.4) is 0 Å². The van der Waals surface area contributed by atoms with E-state index in [0.717, 1.165) is 18.9 Å². The number of benzene rings is 1. The summed E-state index contributed by atoms with van der Waals surface area (Å²) >= 11 is 0. The molecular formula is C15H17F2NO3. The zero-order valence-corrected chi connectivity index (χ0v) is 11.5. The van der Waals surface area contributed by atoms with Crippen molar-refractivity contribution >= 4 is 11.9 Å². The molecule has 1 aliphatic rings. The average molecular weight is 297 g/mol. The van der Waals surface area contributed by atoms with E-state index in [2.05, 4.69) is 5.32 Å². The van der Waals surface area contributed by atoms with Gasteiger partial charge in [-0.1, -0.05) is 25.0 Å². The van der Waals surface area contributed by atoms with Crippen molar-refractivity contribution in [3.63, 3.8) is 0 Å². The first-order valence-corrected chi connectivity index (χ1v) is 6.88. The van der Waals surface area contributed by atoms with E-state index in [0.29, 0.717) is 12.8 Å². The van der Waals surface area contributed by atoms with E-state index in [9.17, 15) is 18.4 Å². The minimum absolute atomic E-state index is 0.0315. The number of rotatable bonds is 5. The molecule has 0 aromatic heterocycles. The van der Waals surface area contributed by atoms with Crippen LogP contribution in [0.15, 0.2) is 18.2 Å².